The molecule has 0 amide bonds. The molecule has 2 aromatic carbocycles. The van der Waals surface area contributed by atoms with Crippen LogP contribution in [-0.2, 0) is 11.2 Å². The summed E-state index contributed by atoms with van der Waals surface area (Å²) in [6, 6.07) is 5.47. The Morgan fingerprint density at radius 2 is 2.02 bits per heavy atom. The first-order valence-electron chi connectivity index (χ1n) is 17.6. The largest absolute Gasteiger partial charge is 0.508 e. The quantitative estimate of drug-likeness (QED) is 0.279. The van der Waals surface area contributed by atoms with Gasteiger partial charge in [0, 0.05) is 33.9 Å². The minimum Gasteiger partial charge on any atom is -0.508 e. The van der Waals surface area contributed by atoms with Gasteiger partial charge < -0.3 is 29.5 Å². The van der Waals surface area contributed by atoms with Crippen molar-refractivity contribution in [3.05, 3.63) is 47.7 Å². The summed E-state index contributed by atoms with van der Waals surface area (Å²) in [4.78, 5) is 17.2. The molecule has 1 aliphatic carbocycles. The highest BCUT2D eigenvalue weighted by atomic mass is 19.1. The van der Waals surface area contributed by atoms with Gasteiger partial charge in [-0.1, -0.05) is 19.4 Å². The number of fused-ring (bicyclic) bond motifs is 3. The molecule has 9 nitrogen and oxygen atoms in total. The van der Waals surface area contributed by atoms with Crippen molar-refractivity contribution in [2.24, 2.45) is 5.41 Å². The minimum atomic E-state index is -2.22. The number of likely N-dealkylation sites (tertiary alicyclic amines) is 1. The first-order valence-corrected chi connectivity index (χ1v) is 16.1. The van der Waals surface area contributed by atoms with E-state index in [1.165, 1.54) is 24.4 Å². The van der Waals surface area contributed by atoms with Gasteiger partial charge >= 0.3 is 6.01 Å². The highest BCUT2D eigenvalue weighted by molar-refractivity contribution is 6.01. The SMILES string of the molecule is [2H]C([2H])([2H])N1CCC[C@@]2(COc3nc(N4CCOC[C@@](C)(O)C4)c4cnc(-c5cc(O)cc6ccc(F)c(CC)c56)c(F)c4n3)CCC[C@@H]12. The number of hydrogen-bond donors (Lipinski definition) is 2. The van der Waals surface area contributed by atoms with E-state index in [0.29, 0.717) is 54.7 Å². The Morgan fingerprint density at radius 1 is 1.17 bits per heavy atom. The Hall–Kier alpha value is -3.67. The summed E-state index contributed by atoms with van der Waals surface area (Å²) in [6.07, 6.45) is 5.70. The van der Waals surface area contributed by atoms with Gasteiger partial charge in [-0.25, -0.2) is 8.78 Å². The lowest BCUT2D eigenvalue weighted by molar-refractivity contribution is -0.0123. The fraction of sp³-hybridized carbons (Fsp3) is 0.514. The van der Waals surface area contributed by atoms with Crippen LogP contribution in [0.2, 0.25) is 0 Å². The van der Waals surface area contributed by atoms with Crippen LogP contribution in [0.3, 0.4) is 0 Å². The number of phenols is 1. The number of phenolic OH excluding ortho intramolecular Hbond substituents is 1. The summed E-state index contributed by atoms with van der Waals surface area (Å²) in [5.41, 5.74) is -1.26. The van der Waals surface area contributed by atoms with E-state index in [0.717, 1.165) is 25.7 Å². The van der Waals surface area contributed by atoms with Gasteiger partial charge in [0.1, 0.15) is 34.2 Å². The predicted octanol–water partition coefficient (Wildman–Crippen LogP) is 5.62. The van der Waals surface area contributed by atoms with Gasteiger partial charge in [0.2, 0.25) is 0 Å². The molecule has 2 saturated heterocycles. The highest BCUT2D eigenvalue weighted by Gasteiger charge is 2.47. The number of aliphatic hydroxyl groups is 1. The summed E-state index contributed by atoms with van der Waals surface area (Å²) >= 11 is 0. The molecule has 1 saturated carbocycles. The Bertz CT molecular complexity index is 1910. The summed E-state index contributed by atoms with van der Waals surface area (Å²) in [6.45, 7) is 2.77. The Morgan fingerprint density at radius 3 is 2.85 bits per heavy atom. The van der Waals surface area contributed by atoms with Crippen molar-refractivity contribution in [3.8, 4) is 23.0 Å². The van der Waals surface area contributed by atoms with E-state index in [1.807, 2.05) is 0 Å². The van der Waals surface area contributed by atoms with E-state index < -0.39 is 29.6 Å². The molecule has 4 aromatic rings. The standard InChI is InChI=1S/C35H41F2N5O4/c1-4-23-26(36)9-8-21-15-22(43)16-24(28(21)23)30-29(37)31-25(17-38-30)32(42-13-14-45-19-34(2,44)18-42)40-33(39-31)46-20-35-10-5-7-27(35)41(3)12-6-11-35/h8-9,15-17,27,43-44H,4-7,10-14,18-20H2,1-3H3/t27-,34+,35-/m1/s1/i3D3. The number of ether oxygens (including phenoxy) is 2. The first-order chi connectivity index (χ1) is 23.3. The number of aromatic nitrogens is 3. The topological polar surface area (TPSA) is 104 Å². The second-order valence-corrected chi connectivity index (χ2v) is 13.3. The van der Waals surface area contributed by atoms with Gasteiger partial charge in [-0.15, -0.1) is 0 Å². The van der Waals surface area contributed by atoms with Gasteiger partial charge in [0.15, 0.2) is 5.82 Å². The molecule has 3 fully saturated rings. The molecular formula is C35H41F2N5O4. The molecule has 0 radical (unpaired) electrons. The lowest BCUT2D eigenvalue weighted by Gasteiger charge is -2.44. The normalized spacial score (nSPS) is 26.8. The van der Waals surface area contributed by atoms with Crippen molar-refractivity contribution in [2.45, 2.75) is 64.0 Å². The molecule has 4 heterocycles. The lowest BCUT2D eigenvalue weighted by atomic mass is 9.76. The number of anilines is 1. The van der Waals surface area contributed by atoms with E-state index in [4.69, 9.17) is 18.6 Å². The number of pyridine rings is 1. The van der Waals surface area contributed by atoms with Crippen LogP contribution in [0.5, 0.6) is 11.8 Å². The van der Waals surface area contributed by atoms with Crippen molar-refractivity contribution in [2.75, 3.05) is 51.3 Å². The van der Waals surface area contributed by atoms with Crippen LogP contribution in [0.1, 0.15) is 55.6 Å². The van der Waals surface area contributed by atoms with Crippen molar-refractivity contribution >= 4 is 27.5 Å². The molecule has 7 rings (SSSR count). The highest BCUT2D eigenvalue weighted by Crippen LogP contribution is 2.47. The zero-order valence-electron chi connectivity index (χ0n) is 29.2. The Balaban J connectivity index is 1.36. The van der Waals surface area contributed by atoms with Gasteiger partial charge in [-0.05, 0) is 87.1 Å². The zero-order chi connectivity index (χ0) is 34.7. The first kappa shape index (κ1) is 27.4. The number of rotatable bonds is 6. The third kappa shape index (κ3) is 5.42. The van der Waals surface area contributed by atoms with E-state index in [2.05, 4.69) is 9.97 Å². The van der Waals surface area contributed by atoms with Crippen LogP contribution >= 0.6 is 0 Å². The molecule has 244 valence electrons. The molecule has 2 aromatic heterocycles. The van der Waals surface area contributed by atoms with Crippen molar-refractivity contribution in [1.29, 1.82) is 0 Å². The number of nitrogens with zero attached hydrogens (tertiary/aromatic N) is 5. The second-order valence-electron chi connectivity index (χ2n) is 13.3. The predicted molar refractivity (Wildman–Crippen MR) is 172 cm³/mol. The molecule has 3 atom stereocenters. The van der Waals surface area contributed by atoms with E-state index >= 15 is 8.78 Å². The van der Waals surface area contributed by atoms with Gasteiger partial charge in [-0.3, -0.25) is 4.98 Å². The van der Waals surface area contributed by atoms with Crippen molar-refractivity contribution in [3.63, 3.8) is 0 Å². The maximum absolute atomic E-state index is 17.0. The van der Waals surface area contributed by atoms with Gasteiger partial charge in [0.05, 0.1) is 31.8 Å². The fourth-order valence-corrected chi connectivity index (χ4v) is 7.84. The van der Waals surface area contributed by atoms with Crippen LogP contribution < -0.4 is 9.64 Å². The summed E-state index contributed by atoms with van der Waals surface area (Å²) in [7, 11) is 0. The van der Waals surface area contributed by atoms with Crippen LogP contribution in [0.25, 0.3) is 32.9 Å². The molecule has 0 unspecified atom stereocenters. The third-order valence-electron chi connectivity index (χ3n) is 9.95. The molecule has 2 N–H and O–H groups in total. The molecule has 0 spiro atoms. The number of β-amino-alcohol motifs (C(OH)–C–C–N with tert-alkyl or cyclic N) is 1. The second kappa shape index (κ2) is 11.8. The molecule has 2 aliphatic heterocycles. The Labute approximate surface area is 271 Å². The monoisotopic (exact) mass is 636 g/mol. The number of benzene rings is 2. The molecule has 3 aliphatic rings. The van der Waals surface area contributed by atoms with Crippen LogP contribution in [-0.4, -0.2) is 88.1 Å². The molecule has 0 bridgehead atoms. The zero-order valence-corrected chi connectivity index (χ0v) is 26.2. The maximum Gasteiger partial charge on any atom is 0.319 e. The van der Waals surface area contributed by atoms with E-state index in [1.54, 1.807) is 29.7 Å². The minimum absolute atomic E-state index is 0.0875. The molecule has 11 heteroatoms. The summed E-state index contributed by atoms with van der Waals surface area (Å²) < 4.78 is 68.3. The number of aryl methyl sites for hydroxylation is 1. The van der Waals surface area contributed by atoms with Crippen molar-refractivity contribution < 1.29 is 32.6 Å². The third-order valence-corrected chi connectivity index (χ3v) is 9.95. The summed E-state index contributed by atoms with van der Waals surface area (Å²) in [5.74, 6) is -1.06. The van der Waals surface area contributed by atoms with Gasteiger partial charge in [0.25, 0.3) is 0 Å². The van der Waals surface area contributed by atoms with E-state index in [-0.39, 0.29) is 59.7 Å². The average molecular weight is 637 g/mol. The van der Waals surface area contributed by atoms with Crippen LogP contribution in [0, 0.1) is 17.0 Å². The Kier molecular flexibility index (Phi) is 7.07. The number of hydrogen-bond acceptors (Lipinski definition) is 9. The summed E-state index contributed by atoms with van der Waals surface area (Å²) in [5, 5.41) is 22.9. The molecule has 46 heavy (non-hydrogen) atoms. The van der Waals surface area contributed by atoms with Crippen LogP contribution in [0.15, 0.2) is 30.5 Å². The maximum atomic E-state index is 17.0. The number of piperidine rings is 1. The van der Waals surface area contributed by atoms with Crippen molar-refractivity contribution in [1.82, 2.24) is 19.9 Å². The fourth-order valence-electron chi connectivity index (χ4n) is 7.84. The van der Waals surface area contributed by atoms with Crippen LogP contribution in [0.4, 0.5) is 14.6 Å². The number of halogens is 2. The average Bonchev–Trinajstić information content (AvgIpc) is 3.40. The van der Waals surface area contributed by atoms with E-state index in [9.17, 15) is 10.2 Å². The molecular weight excluding hydrogens is 592 g/mol. The smallest absolute Gasteiger partial charge is 0.319 e. The lowest BCUT2D eigenvalue weighted by Crippen LogP contribution is -2.50. The van der Waals surface area contributed by atoms with Gasteiger partial charge in [-0.2, -0.15) is 9.97 Å². The number of aromatic hydroxyl groups is 1.